The third-order valence-electron chi connectivity index (χ3n) is 4.67. The minimum atomic E-state index is -3.90. The molecule has 0 aromatic heterocycles. The molecule has 0 aliphatic rings. The van der Waals surface area contributed by atoms with E-state index in [0.717, 1.165) is 9.87 Å². The average Bonchev–Trinajstić information content (AvgIpc) is 2.72. The molecule has 0 spiro atoms. The van der Waals surface area contributed by atoms with Gasteiger partial charge in [0.2, 0.25) is 21.8 Å². The number of nitrogens with one attached hydrogen (secondary N) is 1. The number of benzene rings is 2. The van der Waals surface area contributed by atoms with Gasteiger partial charge in [0.05, 0.1) is 11.4 Å². The van der Waals surface area contributed by atoms with E-state index in [1.165, 1.54) is 36.2 Å². The second-order valence-electron chi connectivity index (χ2n) is 7.56. The molecule has 0 bridgehead atoms. The van der Waals surface area contributed by atoms with E-state index >= 15 is 0 Å². The lowest BCUT2D eigenvalue weighted by molar-refractivity contribution is -0.140. The Labute approximate surface area is 189 Å². The minimum Gasteiger partial charge on any atom is -0.352 e. The fourth-order valence-electron chi connectivity index (χ4n) is 2.92. The van der Waals surface area contributed by atoms with Crippen LogP contribution in [0.2, 0.25) is 5.02 Å². The van der Waals surface area contributed by atoms with E-state index in [9.17, 15) is 18.0 Å². The third-order valence-corrected chi connectivity index (χ3v) is 6.74. The van der Waals surface area contributed by atoms with Gasteiger partial charge >= 0.3 is 0 Å². The standard InChI is InChI=1S/C22H28ClN3O4S/c1-16(2)24-22(28)17(3)26(14-18-8-6-5-7-9-18)21(27)15-25(4)31(29,30)20-12-10-19(23)11-13-20/h5-13,16-17H,14-15H2,1-4H3,(H,24,28)/t17-/m1/s1. The Balaban J connectivity index is 2.24. The predicted molar refractivity (Wildman–Crippen MR) is 121 cm³/mol. The largest absolute Gasteiger partial charge is 0.352 e. The van der Waals surface area contributed by atoms with Crippen molar-refractivity contribution in [1.82, 2.24) is 14.5 Å². The summed E-state index contributed by atoms with van der Waals surface area (Å²) < 4.78 is 26.7. The van der Waals surface area contributed by atoms with Crippen LogP contribution in [0.5, 0.6) is 0 Å². The molecule has 0 heterocycles. The molecule has 0 aliphatic carbocycles. The molecule has 2 amide bonds. The maximum absolute atomic E-state index is 13.1. The molecule has 1 atom stereocenters. The number of carbonyl (C=O) groups is 2. The van der Waals surface area contributed by atoms with Crippen LogP contribution in [0.3, 0.4) is 0 Å². The van der Waals surface area contributed by atoms with Gasteiger partial charge in [0, 0.05) is 24.7 Å². The first-order valence-electron chi connectivity index (χ1n) is 9.88. The van der Waals surface area contributed by atoms with Crippen molar-refractivity contribution >= 4 is 33.4 Å². The van der Waals surface area contributed by atoms with Gasteiger partial charge in [-0.2, -0.15) is 4.31 Å². The van der Waals surface area contributed by atoms with E-state index < -0.39 is 28.5 Å². The molecule has 31 heavy (non-hydrogen) atoms. The molecule has 1 N–H and O–H groups in total. The number of rotatable bonds is 9. The maximum atomic E-state index is 13.1. The summed E-state index contributed by atoms with van der Waals surface area (Å²) in [5.74, 6) is -0.780. The molecule has 0 radical (unpaired) electrons. The number of sulfonamides is 1. The minimum absolute atomic E-state index is 0.0346. The van der Waals surface area contributed by atoms with Crippen LogP contribution < -0.4 is 5.32 Å². The Kier molecular flexibility index (Phi) is 8.61. The molecule has 0 saturated carbocycles. The van der Waals surface area contributed by atoms with Gasteiger partial charge in [-0.3, -0.25) is 9.59 Å². The van der Waals surface area contributed by atoms with Crippen molar-refractivity contribution in [1.29, 1.82) is 0 Å². The summed E-state index contributed by atoms with van der Waals surface area (Å²) in [5, 5.41) is 3.21. The van der Waals surface area contributed by atoms with Gasteiger partial charge in [-0.15, -0.1) is 0 Å². The van der Waals surface area contributed by atoms with E-state index in [0.29, 0.717) is 5.02 Å². The summed E-state index contributed by atoms with van der Waals surface area (Å²) in [7, 11) is -2.56. The monoisotopic (exact) mass is 465 g/mol. The van der Waals surface area contributed by atoms with Crippen LogP contribution in [0.4, 0.5) is 0 Å². The molecule has 7 nitrogen and oxygen atoms in total. The zero-order chi connectivity index (χ0) is 23.2. The highest BCUT2D eigenvalue weighted by atomic mass is 35.5. The summed E-state index contributed by atoms with van der Waals surface area (Å²) in [6, 6.07) is 14.1. The topological polar surface area (TPSA) is 86.8 Å². The molecule has 0 saturated heterocycles. The Morgan fingerprint density at radius 1 is 1.00 bits per heavy atom. The molecule has 2 aromatic rings. The normalized spacial score (nSPS) is 12.6. The van der Waals surface area contributed by atoms with E-state index in [1.54, 1.807) is 6.92 Å². The van der Waals surface area contributed by atoms with Crippen LogP contribution in [0.1, 0.15) is 26.3 Å². The lowest BCUT2D eigenvalue weighted by Gasteiger charge is -2.30. The number of hydrogen-bond acceptors (Lipinski definition) is 4. The van der Waals surface area contributed by atoms with Gasteiger partial charge in [0.15, 0.2) is 0 Å². The number of carbonyl (C=O) groups excluding carboxylic acids is 2. The molecular weight excluding hydrogens is 438 g/mol. The molecule has 2 rings (SSSR count). The molecular formula is C22H28ClN3O4S. The first-order chi connectivity index (χ1) is 14.5. The summed E-state index contributed by atoms with van der Waals surface area (Å²) in [5.41, 5.74) is 0.836. The fourth-order valence-corrected chi connectivity index (χ4v) is 4.17. The van der Waals surface area contributed by atoms with Crippen molar-refractivity contribution in [3.05, 3.63) is 65.2 Å². The van der Waals surface area contributed by atoms with Crippen molar-refractivity contribution in [2.45, 2.75) is 44.3 Å². The van der Waals surface area contributed by atoms with E-state index in [-0.39, 0.29) is 23.4 Å². The van der Waals surface area contributed by atoms with Crippen molar-refractivity contribution in [3.8, 4) is 0 Å². The summed E-state index contributed by atoms with van der Waals surface area (Å²) >= 11 is 5.84. The van der Waals surface area contributed by atoms with Gasteiger partial charge in [0.25, 0.3) is 0 Å². The summed E-state index contributed by atoms with van der Waals surface area (Å²) in [4.78, 5) is 27.1. The smallest absolute Gasteiger partial charge is 0.243 e. The number of nitrogens with zero attached hydrogens (tertiary/aromatic N) is 2. The Morgan fingerprint density at radius 2 is 1.58 bits per heavy atom. The quantitative estimate of drug-likeness (QED) is 0.616. The van der Waals surface area contributed by atoms with Gasteiger partial charge in [-0.25, -0.2) is 8.42 Å². The van der Waals surface area contributed by atoms with Crippen LogP contribution in [-0.2, 0) is 26.2 Å². The summed E-state index contributed by atoms with van der Waals surface area (Å²) in [6.07, 6.45) is 0. The predicted octanol–water partition coefficient (Wildman–Crippen LogP) is 2.90. The van der Waals surface area contributed by atoms with Crippen LogP contribution in [0.15, 0.2) is 59.5 Å². The van der Waals surface area contributed by atoms with Gasteiger partial charge in [-0.1, -0.05) is 41.9 Å². The molecule has 0 fully saturated rings. The summed E-state index contributed by atoms with van der Waals surface area (Å²) in [6.45, 7) is 5.07. The average molecular weight is 466 g/mol. The zero-order valence-corrected chi connectivity index (χ0v) is 19.7. The highest BCUT2D eigenvalue weighted by Crippen LogP contribution is 2.18. The zero-order valence-electron chi connectivity index (χ0n) is 18.1. The van der Waals surface area contributed by atoms with Gasteiger partial charge in [-0.05, 0) is 50.6 Å². The third kappa shape index (κ3) is 6.78. The van der Waals surface area contributed by atoms with E-state index in [4.69, 9.17) is 11.6 Å². The molecule has 0 aliphatic heterocycles. The Morgan fingerprint density at radius 3 is 2.13 bits per heavy atom. The van der Waals surface area contributed by atoms with E-state index in [1.807, 2.05) is 44.2 Å². The van der Waals surface area contributed by atoms with Crippen LogP contribution in [-0.4, -0.2) is 55.1 Å². The van der Waals surface area contributed by atoms with Crippen molar-refractivity contribution in [2.24, 2.45) is 0 Å². The van der Waals surface area contributed by atoms with Crippen molar-refractivity contribution < 1.29 is 18.0 Å². The van der Waals surface area contributed by atoms with Gasteiger partial charge in [0.1, 0.15) is 6.04 Å². The number of amides is 2. The Hall–Kier alpha value is -2.42. The van der Waals surface area contributed by atoms with Crippen molar-refractivity contribution in [2.75, 3.05) is 13.6 Å². The van der Waals surface area contributed by atoms with Crippen LogP contribution >= 0.6 is 11.6 Å². The number of halogens is 1. The Bertz CT molecular complexity index is 995. The number of likely N-dealkylation sites (N-methyl/N-ethyl adjacent to an activating group) is 1. The molecule has 9 heteroatoms. The highest BCUT2D eigenvalue weighted by molar-refractivity contribution is 7.89. The van der Waals surface area contributed by atoms with E-state index in [2.05, 4.69) is 5.32 Å². The fraction of sp³-hybridized carbons (Fsp3) is 0.364. The second-order valence-corrected chi connectivity index (χ2v) is 10.0. The van der Waals surface area contributed by atoms with Crippen LogP contribution in [0.25, 0.3) is 0 Å². The molecule has 0 unspecified atom stereocenters. The lowest BCUT2D eigenvalue weighted by Crippen LogP contribution is -2.51. The van der Waals surface area contributed by atoms with Crippen molar-refractivity contribution in [3.63, 3.8) is 0 Å². The maximum Gasteiger partial charge on any atom is 0.243 e. The molecule has 168 valence electrons. The highest BCUT2D eigenvalue weighted by Gasteiger charge is 2.30. The number of hydrogen-bond donors (Lipinski definition) is 1. The second kappa shape index (κ2) is 10.7. The lowest BCUT2D eigenvalue weighted by atomic mass is 10.1. The first-order valence-corrected chi connectivity index (χ1v) is 11.7. The van der Waals surface area contributed by atoms with Gasteiger partial charge < -0.3 is 10.2 Å². The first kappa shape index (κ1) is 24.8. The SMILES string of the molecule is CC(C)NC(=O)[C@@H](C)N(Cc1ccccc1)C(=O)CN(C)S(=O)(=O)c1ccc(Cl)cc1. The van der Waals surface area contributed by atoms with Crippen LogP contribution in [0, 0.1) is 0 Å². The molecule has 2 aromatic carbocycles.